The highest BCUT2D eigenvalue weighted by molar-refractivity contribution is 5.13. The van der Waals surface area contributed by atoms with Crippen molar-refractivity contribution in [3.8, 4) is 0 Å². The molecule has 2 rings (SSSR count). The van der Waals surface area contributed by atoms with Crippen molar-refractivity contribution in [2.75, 3.05) is 46.9 Å². The molecule has 1 aliphatic rings. The molecule has 2 unspecified atom stereocenters. The topological polar surface area (TPSA) is 55.4 Å². The maximum absolute atomic E-state index is 6.41. The Kier molecular flexibility index (Phi) is 9.85. The van der Waals surface area contributed by atoms with E-state index in [0.29, 0.717) is 39.6 Å². The molecule has 1 aliphatic heterocycles. The smallest absolute Gasteiger partial charge is 0.147 e. The van der Waals surface area contributed by atoms with Crippen molar-refractivity contribution in [2.24, 2.45) is 0 Å². The van der Waals surface area contributed by atoms with Gasteiger partial charge in [0, 0.05) is 13.5 Å². The Balaban J connectivity index is 1.72. The van der Waals surface area contributed by atoms with Gasteiger partial charge in [0.2, 0.25) is 0 Å². The zero-order valence-electron chi connectivity index (χ0n) is 17.8. The van der Waals surface area contributed by atoms with Gasteiger partial charge in [-0.2, -0.15) is 0 Å². The summed E-state index contributed by atoms with van der Waals surface area (Å²) >= 11 is 0. The minimum absolute atomic E-state index is 0.0396. The first kappa shape index (κ1) is 23.3. The number of hydrogen-bond donors (Lipinski definition) is 0. The van der Waals surface area contributed by atoms with Gasteiger partial charge in [-0.3, -0.25) is 0 Å². The summed E-state index contributed by atoms with van der Waals surface area (Å²) in [5, 5.41) is 0. The van der Waals surface area contributed by atoms with E-state index < -0.39 is 0 Å². The number of ether oxygens (including phenoxy) is 6. The normalized spacial score (nSPS) is 23.9. The maximum Gasteiger partial charge on any atom is 0.147 e. The molecule has 1 heterocycles. The SMILES string of the molecule is CCC1(COCc2ccccc2)CC(OCOCCOCCOC)C(C)(C)O1. The quantitative estimate of drug-likeness (QED) is 0.354. The fourth-order valence-electron chi connectivity index (χ4n) is 3.40. The summed E-state index contributed by atoms with van der Waals surface area (Å²) in [6, 6.07) is 10.2. The van der Waals surface area contributed by atoms with Gasteiger partial charge in [0.25, 0.3) is 0 Å². The molecule has 0 saturated carbocycles. The molecule has 0 aliphatic carbocycles. The molecule has 1 aromatic rings. The van der Waals surface area contributed by atoms with Crippen molar-refractivity contribution in [1.29, 1.82) is 0 Å². The van der Waals surface area contributed by atoms with E-state index in [1.54, 1.807) is 7.11 Å². The van der Waals surface area contributed by atoms with E-state index in [-0.39, 0.29) is 24.1 Å². The zero-order valence-corrected chi connectivity index (χ0v) is 17.8. The number of hydrogen-bond acceptors (Lipinski definition) is 6. The first-order chi connectivity index (χ1) is 13.5. The summed E-state index contributed by atoms with van der Waals surface area (Å²) in [4.78, 5) is 0. The Morgan fingerprint density at radius 2 is 1.71 bits per heavy atom. The van der Waals surface area contributed by atoms with Gasteiger partial charge in [-0.05, 0) is 25.8 Å². The van der Waals surface area contributed by atoms with Crippen LogP contribution in [0.1, 0.15) is 39.2 Å². The van der Waals surface area contributed by atoms with Crippen LogP contribution in [0, 0.1) is 0 Å². The van der Waals surface area contributed by atoms with Crippen molar-refractivity contribution >= 4 is 0 Å². The third kappa shape index (κ3) is 7.43. The first-order valence-electron chi connectivity index (χ1n) is 10.1. The molecule has 0 bridgehead atoms. The molecule has 0 aromatic heterocycles. The van der Waals surface area contributed by atoms with E-state index in [1.807, 2.05) is 18.2 Å². The van der Waals surface area contributed by atoms with Gasteiger partial charge < -0.3 is 28.4 Å². The average molecular weight is 397 g/mol. The van der Waals surface area contributed by atoms with Crippen molar-refractivity contribution in [3.05, 3.63) is 35.9 Å². The van der Waals surface area contributed by atoms with Crippen molar-refractivity contribution in [1.82, 2.24) is 0 Å². The predicted octanol–water partition coefficient (Wildman–Crippen LogP) is 3.57. The van der Waals surface area contributed by atoms with E-state index >= 15 is 0 Å². The second kappa shape index (κ2) is 11.9. The highest BCUT2D eigenvalue weighted by Gasteiger charge is 2.51. The minimum Gasteiger partial charge on any atom is -0.382 e. The maximum atomic E-state index is 6.41. The molecular weight excluding hydrogens is 360 g/mol. The summed E-state index contributed by atoms with van der Waals surface area (Å²) in [5.74, 6) is 0. The van der Waals surface area contributed by atoms with Crippen LogP contribution in [0.25, 0.3) is 0 Å². The lowest BCUT2D eigenvalue weighted by Gasteiger charge is -2.30. The minimum atomic E-state index is -0.384. The fourth-order valence-corrected chi connectivity index (χ4v) is 3.40. The lowest BCUT2D eigenvalue weighted by atomic mass is 9.93. The van der Waals surface area contributed by atoms with E-state index in [2.05, 4.69) is 32.9 Å². The number of rotatable bonds is 14. The molecule has 160 valence electrons. The third-order valence-electron chi connectivity index (χ3n) is 5.09. The largest absolute Gasteiger partial charge is 0.382 e. The summed E-state index contributed by atoms with van der Waals surface area (Å²) in [6.45, 7) is 9.84. The Labute approximate surface area is 169 Å². The van der Waals surface area contributed by atoms with Gasteiger partial charge in [-0.15, -0.1) is 0 Å². The predicted molar refractivity (Wildman–Crippen MR) is 107 cm³/mol. The molecule has 6 heteroatoms. The van der Waals surface area contributed by atoms with Crippen molar-refractivity contribution in [3.63, 3.8) is 0 Å². The summed E-state index contributed by atoms with van der Waals surface area (Å²) < 4.78 is 34.2. The Morgan fingerprint density at radius 1 is 1.00 bits per heavy atom. The van der Waals surface area contributed by atoms with E-state index in [0.717, 1.165) is 12.8 Å². The Morgan fingerprint density at radius 3 is 2.43 bits per heavy atom. The zero-order chi connectivity index (χ0) is 20.3. The van der Waals surface area contributed by atoms with E-state index in [9.17, 15) is 0 Å². The highest BCUT2D eigenvalue weighted by atomic mass is 16.7. The molecule has 6 nitrogen and oxygen atoms in total. The number of methoxy groups -OCH3 is 1. The molecule has 1 aromatic carbocycles. The van der Waals surface area contributed by atoms with Gasteiger partial charge in [0.05, 0.1) is 56.9 Å². The standard InChI is InChI=1S/C22H36O6/c1-5-22(17-26-16-19-9-7-6-8-10-19)15-20(21(2,3)28-22)27-18-25-14-13-24-12-11-23-4/h6-10,20H,5,11-18H2,1-4H3. The highest BCUT2D eigenvalue weighted by Crippen LogP contribution is 2.41. The molecule has 0 radical (unpaired) electrons. The summed E-state index contributed by atoms with van der Waals surface area (Å²) in [5.41, 5.74) is 0.455. The fraction of sp³-hybridized carbons (Fsp3) is 0.727. The third-order valence-corrected chi connectivity index (χ3v) is 5.09. The van der Waals surface area contributed by atoms with Crippen LogP contribution < -0.4 is 0 Å². The van der Waals surface area contributed by atoms with Crippen LogP contribution in [0.15, 0.2) is 30.3 Å². The van der Waals surface area contributed by atoms with Crippen LogP contribution in [0.5, 0.6) is 0 Å². The first-order valence-corrected chi connectivity index (χ1v) is 10.1. The number of benzene rings is 1. The molecule has 1 fully saturated rings. The van der Waals surface area contributed by atoms with Crippen LogP contribution >= 0.6 is 0 Å². The molecule has 28 heavy (non-hydrogen) atoms. The van der Waals surface area contributed by atoms with Crippen LogP contribution in [-0.2, 0) is 35.0 Å². The van der Waals surface area contributed by atoms with Gasteiger partial charge in [0.1, 0.15) is 6.79 Å². The van der Waals surface area contributed by atoms with Crippen molar-refractivity contribution in [2.45, 2.75) is 57.5 Å². The van der Waals surface area contributed by atoms with Crippen LogP contribution in [-0.4, -0.2) is 64.2 Å². The Hall–Kier alpha value is -1.02. The molecular formula is C22H36O6. The van der Waals surface area contributed by atoms with Crippen LogP contribution in [0.4, 0.5) is 0 Å². The second-order valence-corrected chi connectivity index (χ2v) is 7.71. The molecule has 0 amide bonds. The lowest BCUT2D eigenvalue weighted by Crippen LogP contribution is -2.37. The molecule has 0 spiro atoms. The molecule has 2 atom stereocenters. The van der Waals surface area contributed by atoms with E-state index in [4.69, 9.17) is 28.4 Å². The average Bonchev–Trinajstić information content (AvgIpc) is 2.95. The summed E-state index contributed by atoms with van der Waals surface area (Å²) in [7, 11) is 1.65. The van der Waals surface area contributed by atoms with Gasteiger partial charge >= 0.3 is 0 Å². The molecule has 1 saturated heterocycles. The Bertz CT molecular complexity index is 535. The van der Waals surface area contributed by atoms with Crippen molar-refractivity contribution < 1.29 is 28.4 Å². The van der Waals surface area contributed by atoms with Gasteiger partial charge in [-0.25, -0.2) is 0 Å². The molecule has 0 N–H and O–H groups in total. The van der Waals surface area contributed by atoms with Crippen LogP contribution in [0.2, 0.25) is 0 Å². The van der Waals surface area contributed by atoms with Gasteiger partial charge in [-0.1, -0.05) is 37.3 Å². The monoisotopic (exact) mass is 396 g/mol. The lowest BCUT2D eigenvalue weighted by molar-refractivity contribution is -0.160. The van der Waals surface area contributed by atoms with Crippen LogP contribution in [0.3, 0.4) is 0 Å². The van der Waals surface area contributed by atoms with Gasteiger partial charge in [0.15, 0.2) is 0 Å². The second-order valence-electron chi connectivity index (χ2n) is 7.71. The summed E-state index contributed by atoms with van der Waals surface area (Å²) in [6.07, 6.45) is 1.63. The van der Waals surface area contributed by atoms with E-state index in [1.165, 1.54) is 5.56 Å².